The van der Waals surface area contributed by atoms with E-state index in [-0.39, 0.29) is 54.8 Å². The summed E-state index contributed by atoms with van der Waals surface area (Å²) in [5.41, 5.74) is 1.27. The lowest BCUT2D eigenvalue weighted by Gasteiger charge is -2.42. The Morgan fingerprint density at radius 2 is 1.57 bits per heavy atom. The number of ketones is 3. The van der Waals surface area contributed by atoms with Crippen molar-refractivity contribution >= 4 is 29.2 Å². The maximum absolute atomic E-state index is 14.4. The molecule has 1 amide bonds. The number of hydrogen-bond donors (Lipinski definition) is 3. The van der Waals surface area contributed by atoms with E-state index in [1.807, 2.05) is 58.1 Å². The van der Waals surface area contributed by atoms with E-state index in [0.29, 0.717) is 63.4 Å². The van der Waals surface area contributed by atoms with Crippen LogP contribution in [-0.4, -0.2) is 132 Å². The van der Waals surface area contributed by atoms with Gasteiger partial charge in [0.1, 0.15) is 30.1 Å². The predicted octanol–water partition coefficient (Wildman–Crippen LogP) is 6.18. The number of aliphatic hydroxyl groups is 3. The van der Waals surface area contributed by atoms with Gasteiger partial charge in [-0.1, -0.05) is 71.1 Å². The number of rotatable bonds is 6. The fourth-order valence-electron chi connectivity index (χ4n) is 10.1. The van der Waals surface area contributed by atoms with E-state index in [0.717, 1.165) is 12.0 Å². The lowest BCUT2D eigenvalue weighted by atomic mass is 9.78. The second kappa shape index (κ2) is 25.1. The number of nitrogens with zero attached hydrogens (tertiary/aromatic N) is 1. The zero-order chi connectivity index (χ0) is 48.2. The number of esters is 1. The van der Waals surface area contributed by atoms with Crippen molar-refractivity contribution in [3.63, 3.8) is 0 Å². The molecular formula is C51H79NO13. The summed E-state index contributed by atoms with van der Waals surface area (Å²) in [4.78, 5) is 71.8. The molecule has 4 aliphatic rings. The largest absolute Gasteiger partial charge is 0.460 e. The van der Waals surface area contributed by atoms with Crippen LogP contribution in [-0.2, 0) is 47.7 Å². The summed E-state index contributed by atoms with van der Waals surface area (Å²) in [6.45, 7) is 12.7. The Morgan fingerprint density at radius 3 is 2.25 bits per heavy atom. The highest BCUT2D eigenvalue weighted by Gasteiger charge is 2.53. The third-order valence-corrected chi connectivity index (χ3v) is 14.5. The Balaban J connectivity index is 1.70. The number of ether oxygens (including phenoxy) is 5. The van der Waals surface area contributed by atoms with E-state index >= 15 is 0 Å². The molecule has 3 N–H and O–H groups in total. The Morgan fingerprint density at radius 1 is 0.846 bits per heavy atom. The molecule has 3 heterocycles. The maximum atomic E-state index is 14.4. The summed E-state index contributed by atoms with van der Waals surface area (Å²) in [5.74, 6) is -7.96. The van der Waals surface area contributed by atoms with Crippen molar-refractivity contribution < 1.29 is 63.0 Å². The zero-order valence-corrected chi connectivity index (χ0v) is 40.6. The number of allylic oxidation sites excluding steroid dienone is 6. The molecule has 15 atom stereocenters. The van der Waals surface area contributed by atoms with Crippen molar-refractivity contribution in [1.29, 1.82) is 0 Å². The average Bonchev–Trinajstić information content (AvgIpc) is 3.28. The molecular weight excluding hydrogens is 835 g/mol. The molecule has 14 nitrogen and oxygen atoms in total. The summed E-state index contributed by atoms with van der Waals surface area (Å²) >= 11 is 0. The smallest absolute Gasteiger partial charge is 0.329 e. The number of Topliss-reactive ketones (excluding diaryl/α,β-unsaturated/α-hetero) is 3. The first-order valence-corrected chi connectivity index (χ1v) is 23.9. The predicted molar refractivity (Wildman–Crippen MR) is 245 cm³/mol. The van der Waals surface area contributed by atoms with Gasteiger partial charge in [-0.3, -0.25) is 19.2 Å². The Bertz CT molecular complexity index is 1760. The second-order valence-corrected chi connectivity index (χ2v) is 19.6. The number of methoxy groups -OCH3 is 3. The highest BCUT2D eigenvalue weighted by Crippen LogP contribution is 2.38. The highest BCUT2D eigenvalue weighted by molar-refractivity contribution is 6.39. The third-order valence-electron chi connectivity index (χ3n) is 14.5. The quantitative estimate of drug-likeness (QED) is 0.156. The first-order valence-electron chi connectivity index (χ1n) is 23.9. The van der Waals surface area contributed by atoms with E-state index in [9.17, 15) is 39.3 Å². The number of piperidine rings is 1. The fraction of sp³-hybridized carbons (Fsp3) is 0.745. The molecule has 0 radical (unpaired) electrons. The van der Waals surface area contributed by atoms with Crippen LogP contribution in [0.5, 0.6) is 0 Å². The van der Waals surface area contributed by atoms with Crippen molar-refractivity contribution in [2.75, 3.05) is 27.9 Å². The molecule has 2 bridgehead atoms. The van der Waals surface area contributed by atoms with Crippen LogP contribution in [0.15, 0.2) is 47.6 Å². The van der Waals surface area contributed by atoms with Crippen molar-refractivity contribution in [3.05, 3.63) is 47.6 Å². The molecule has 366 valence electrons. The SMILES string of the molecule is COC1CC2CC[C@@H](C)[C@@](O)(O2)C(=O)C(=O)N2CCCC[C@H]2C(=O)O[C@H]([C@H](C)C[C@@H]2CC[C@@H](O)[C@H](OC)C2)CC(=O)C(C)/C=C(\C)C(O)[C@@H](OC)C(=O)[C@H](C)C[C@H](C)/C=C/C=C/C=C/1C. The summed E-state index contributed by atoms with van der Waals surface area (Å²) < 4.78 is 29.4. The van der Waals surface area contributed by atoms with Crippen molar-refractivity contribution in [1.82, 2.24) is 4.90 Å². The monoisotopic (exact) mass is 914 g/mol. The maximum Gasteiger partial charge on any atom is 0.329 e. The van der Waals surface area contributed by atoms with Gasteiger partial charge >= 0.3 is 5.97 Å². The average molecular weight is 914 g/mol. The summed E-state index contributed by atoms with van der Waals surface area (Å²) in [5, 5.41) is 33.8. The highest BCUT2D eigenvalue weighted by atomic mass is 16.6. The van der Waals surface area contributed by atoms with Gasteiger partial charge < -0.3 is 43.9 Å². The van der Waals surface area contributed by atoms with Crippen LogP contribution in [0.3, 0.4) is 0 Å². The van der Waals surface area contributed by atoms with Gasteiger partial charge in [-0.05, 0) is 107 Å². The number of hydrogen-bond acceptors (Lipinski definition) is 13. The van der Waals surface area contributed by atoms with Crippen LogP contribution in [0.25, 0.3) is 0 Å². The molecule has 14 heteroatoms. The van der Waals surface area contributed by atoms with Crippen LogP contribution in [0, 0.1) is 35.5 Å². The van der Waals surface area contributed by atoms with Crippen LogP contribution in [0.4, 0.5) is 0 Å². The normalized spacial score (nSPS) is 40.4. The minimum atomic E-state index is -2.43. The van der Waals surface area contributed by atoms with E-state index in [1.165, 1.54) is 12.0 Å². The number of cyclic esters (lactones) is 1. The first-order chi connectivity index (χ1) is 30.7. The number of carbonyl (C=O) groups is 5. The molecule has 4 rings (SSSR count). The minimum Gasteiger partial charge on any atom is -0.460 e. The van der Waals surface area contributed by atoms with Crippen LogP contribution >= 0.6 is 0 Å². The van der Waals surface area contributed by atoms with Crippen molar-refractivity contribution in [2.24, 2.45) is 35.5 Å². The van der Waals surface area contributed by atoms with Gasteiger partial charge in [0.05, 0.1) is 24.4 Å². The molecule has 0 aromatic rings. The van der Waals surface area contributed by atoms with Gasteiger partial charge in [0, 0.05) is 58.5 Å². The number of amides is 1. The third kappa shape index (κ3) is 14.3. The molecule has 1 saturated carbocycles. The zero-order valence-electron chi connectivity index (χ0n) is 40.6. The molecule has 0 aromatic heterocycles. The van der Waals surface area contributed by atoms with Gasteiger partial charge in [-0.2, -0.15) is 0 Å². The van der Waals surface area contributed by atoms with Crippen LogP contribution in [0.2, 0.25) is 0 Å². The van der Waals surface area contributed by atoms with E-state index < -0.39 is 83.9 Å². The van der Waals surface area contributed by atoms with Gasteiger partial charge in [0.25, 0.3) is 11.7 Å². The second-order valence-electron chi connectivity index (χ2n) is 19.6. The molecule has 0 spiro atoms. The summed E-state index contributed by atoms with van der Waals surface area (Å²) in [6, 6.07) is -1.14. The molecule has 4 unspecified atom stereocenters. The summed E-state index contributed by atoms with van der Waals surface area (Å²) in [7, 11) is 4.52. The molecule has 65 heavy (non-hydrogen) atoms. The van der Waals surface area contributed by atoms with Gasteiger partial charge in [0.2, 0.25) is 5.79 Å². The van der Waals surface area contributed by atoms with E-state index in [1.54, 1.807) is 41.1 Å². The van der Waals surface area contributed by atoms with E-state index in [2.05, 4.69) is 0 Å². The number of carbonyl (C=O) groups excluding carboxylic acids is 5. The lowest BCUT2D eigenvalue weighted by Crippen LogP contribution is -2.61. The van der Waals surface area contributed by atoms with Crippen LogP contribution in [0.1, 0.15) is 126 Å². The van der Waals surface area contributed by atoms with Gasteiger partial charge in [0.15, 0.2) is 5.78 Å². The molecule has 2 saturated heterocycles. The van der Waals surface area contributed by atoms with Crippen molar-refractivity contribution in [2.45, 2.75) is 180 Å². The standard InChI is InChI=1S/C51H79NO13/c1-30-16-12-11-13-17-31(2)42(61-8)28-38-21-19-36(7)51(60,65-38)48(57)49(58)52-23-15-14-18-39(52)50(59)64-43(33(4)26-37-20-22-40(53)44(27-37)62-9)29-41(54)32(3)25-35(6)46(56)47(63-10)45(55)34(5)24-30/h11-13,16-17,25,30,32-34,36-40,42-44,46-47,53,56,60H,14-15,18-24,26-29H2,1-10H3/b13-11+,16-12+,31-17+,35-25+/t30-,32?,33-,34-,36-,37+,38?,39+,40-,42?,43+,44-,46?,47+,51-/m1/s1. The van der Waals surface area contributed by atoms with Crippen molar-refractivity contribution in [3.8, 4) is 0 Å². The number of fused-ring (bicyclic) bond motifs is 3. The molecule has 3 aliphatic heterocycles. The molecule has 0 aromatic carbocycles. The topological polar surface area (TPSA) is 195 Å². The fourth-order valence-corrected chi connectivity index (χ4v) is 10.1. The number of aliphatic hydroxyl groups excluding tert-OH is 2. The summed E-state index contributed by atoms with van der Waals surface area (Å²) in [6.07, 6.45) is 11.2. The Hall–Kier alpha value is -3.37. The molecule has 1 aliphatic carbocycles. The Labute approximate surface area is 387 Å². The van der Waals surface area contributed by atoms with Gasteiger partial charge in [-0.15, -0.1) is 0 Å². The molecule has 3 fully saturated rings. The van der Waals surface area contributed by atoms with E-state index in [4.69, 9.17) is 23.7 Å². The van der Waals surface area contributed by atoms with Crippen LogP contribution < -0.4 is 0 Å². The minimum absolute atomic E-state index is 0.0193. The Kier molecular flexibility index (Phi) is 21.0. The van der Waals surface area contributed by atoms with Gasteiger partial charge in [-0.25, -0.2) is 4.79 Å². The first kappa shape index (κ1) is 54.2. The lowest BCUT2D eigenvalue weighted by molar-refractivity contribution is -0.265.